The van der Waals surface area contributed by atoms with Gasteiger partial charge in [0.1, 0.15) is 12.4 Å². The van der Waals surface area contributed by atoms with Crippen LogP contribution >= 0.6 is 24.0 Å². The number of hydrogen-bond acceptors (Lipinski definition) is 4. The van der Waals surface area contributed by atoms with E-state index in [0.29, 0.717) is 17.2 Å². The molecule has 0 atom stereocenters. The molecule has 0 aliphatic heterocycles. The maximum atomic E-state index is 12.6. The van der Waals surface area contributed by atoms with E-state index in [-0.39, 0.29) is 19.0 Å². The van der Waals surface area contributed by atoms with Crippen LogP contribution in [0.1, 0.15) is 30.5 Å². The minimum absolute atomic E-state index is 0. The van der Waals surface area contributed by atoms with Gasteiger partial charge in [0.15, 0.2) is 5.60 Å². The molecule has 3 aromatic rings. The zero-order valence-electron chi connectivity index (χ0n) is 16.3. The quantitative estimate of drug-likeness (QED) is 0.453. The van der Waals surface area contributed by atoms with Gasteiger partial charge in [0.2, 0.25) is 0 Å². The van der Waals surface area contributed by atoms with Crippen molar-refractivity contribution in [3.8, 4) is 5.75 Å². The van der Waals surface area contributed by atoms with Gasteiger partial charge in [-0.25, -0.2) is 4.79 Å². The largest absolute Gasteiger partial charge is 0.476 e. The van der Waals surface area contributed by atoms with Crippen molar-refractivity contribution in [3.63, 3.8) is 0 Å². The molecule has 0 bridgehead atoms. The number of carbonyl (C=O) groups is 1. The molecule has 0 radical (unpaired) electrons. The topological polar surface area (TPSA) is 48.4 Å². The summed E-state index contributed by atoms with van der Waals surface area (Å²) in [7, 11) is 0. The molecule has 0 amide bonds. The van der Waals surface area contributed by atoms with Crippen LogP contribution in [-0.4, -0.2) is 16.6 Å². The van der Waals surface area contributed by atoms with E-state index in [1.807, 2.05) is 54.6 Å². The molecule has 0 aliphatic carbocycles. The third kappa shape index (κ3) is 6.48. The van der Waals surface area contributed by atoms with E-state index >= 15 is 0 Å². The number of esters is 1. The van der Waals surface area contributed by atoms with E-state index in [2.05, 4.69) is 4.98 Å². The van der Waals surface area contributed by atoms with Crippen LogP contribution in [0.2, 0.25) is 5.02 Å². The van der Waals surface area contributed by atoms with Gasteiger partial charge in [-0.15, -0.1) is 12.4 Å². The average Bonchev–Trinajstić information content (AvgIpc) is 2.70. The number of para-hydroxylation sites is 1. The van der Waals surface area contributed by atoms with Gasteiger partial charge in [-0.05, 0) is 49.2 Å². The van der Waals surface area contributed by atoms with Gasteiger partial charge >= 0.3 is 5.97 Å². The minimum atomic E-state index is -1.13. The lowest BCUT2D eigenvalue weighted by molar-refractivity contribution is -0.160. The molecule has 0 unspecified atom stereocenters. The molecular weight excluding hydrogens is 409 g/mol. The molecule has 0 aliphatic rings. The second-order valence-corrected chi connectivity index (χ2v) is 7.40. The van der Waals surface area contributed by atoms with Gasteiger partial charge in [-0.1, -0.05) is 48.0 Å². The summed E-state index contributed by atoms with van der Waals surface area (Å²) in [6.07, 6.45) is 4.02. The van der Waals surface area contributed by atoms with Gasteiger partial charge < -0.3 is 9.47 Å². The lowest BCUT2D eigenvalue weighted by Gasteiger charge is -2.25. The highest BCUT2D eigenvalue weighted by Gasteiger charge is 2.32. The number of ether oxygens (including phenoxy) is 2. The highest BCUT2D eigenvalue weighted by Crippen LogP contribution is 2.27. The standard InChI is InChI=1S/C23H22ClNO3.ClH/c1-23(2,22(26)27-16-18-6-5-13-25-15-18)28-21-8-4-3-7-19(21)14-17-9-11-20(24)12-10-17;/h3-13,15H,14,16H2,1-2H3;1H. The fraction of sp³-hybridized carbons (Fsp3) is 0.217. The molecule has 0 fully saturated rings. The SMILES string of the molecule is CC(C)(Oc1ccccc1Cc1ccc(Cl)cc1)C(=O)OCc1cccnc1.Cl. The Morgan fingerprint density at radius 3 is 2.41 bits per heavy atom. The Hall–Kier alpha value is -2.56. The van der Waals surface area contributed by atoms with Crippen molar-refractivity contribution >= 4 is 30.0 Å². The van der Waals surface area contributed by atoms with Crippen molar-refractivity contribution in [3.05, 3.63) is 94.8 Å². The summed E-state index contributed by atoms with van der Waals surface area (Å²) in [4.78, 5) is 16.6. The molecule has 152 valence electrons. The molecule has 0 saturated heterocycles. The van der Waals surface area contributed by atoms with Crippen LogP contribution in [0.4, 0.5) is 0 Å². The van der Waals surface area contributed by atoms with Crippen LogP contribution in [0.15, 0.2) is 73.1 Å². The lowest BCUT2D eigenvalue weighted by atomic mass is 10.0. The smallest absolute Gasteiger partial charge is 0.350 e. The zero-order valence-corrected chi connectivity index (χ0v) is 17.9. The van der Waals surface area contributed by atoms with Gasteiger partial charge in [-0.2, -0.15) is 0 Å². The van der Waals surface area contributed by atoms with Crippen molar-refractivity contribution in [1.29, 1.82) is 0 Å². The Labute approximate surface area is 182 Å². The number of pyridine rings is 1. The van der Waals surface area contributed by atoms with Crippen LogP contribution in [-0.2, 0) is 22.6 Å². The Morgan fingerprint density at radius 2 is 1.72 bits per heavy atom. The summed E-state index contributed by atoms with van der Waals surface area (Å²) < 4.78 is 11.5. The molecule has 3 rings (SSSR count). The molecule has 0 N–H and O–H groups in total. The van der Waals surface area contributed by atoms with E-state index < -0.39 is 11.6 Å². The molecule has 1 heterocycles. The molecule has 2 aromatic carbocycles. The second kappa shape index (κ2) is 10.3. The fourth-order valence-electron chi connectivity index (χ4n) is 2.69. The summed E-state index contributed by atoms with van der Waals surface area (Å²) in [5.41, 5.74) is 1.79. The maximum absolute atomic E-state index is 12.6. The van der Waals surface area contributed by atoms with Crippen LogP contribution in [0, 0.1) is 0 Å². The molecule has 1 aromatic heterocycles. The molecule has 4 nitrogen and oxygen atoms in total. The average molecular weight is 432 g/mol. The highest BCUT2D eigenvalue weighted by molar-refractivity contribution is 6.30. The maximum Gasteiger partial charge on any atom is 0.350 e. The van der Waals surface area contributed by atoms with Crippen LogP contribution < -0.4 is 4.74 Å². The highest BCUT2D eigenvalue weighted by atomic mass is 35.5. The van der Waals surface area contributed by atoms with Crippen molar-refractivity contribution in [2.24, 2.45) is 0 Å². The van der Waals surface area contributed by atoms with Gasteiger partial charge in [0.05, 0.1) is 0 Å². The number of aromatic nitrogens is 1. The first kappa shape index (κ1) is 22.7. The summed E-state index contributed by atoms with van der Waals surface area (Å²) in [6, 6.07) is 19.0. The van der Waals surface area contributed by atoms with Gasteiger partial charge in [0, 0.05) is 29.4 Å². The first-order valence-electron chi connectivity index (χ1n) is 9.01. The van der Waals surface area contributed by atoms with Gasteiger partial charge in [0.25, 0.3) is 0 Å². The normalized spacial score (nSPS) is 10.7. The fourth-order valence-corrected chi connectivity index (χ4v) is 2.82. The third-order valence-corrected chi connectivity index (χ3v) is 4.48. The summed E-state index contributed by atoms with van der Waals surface area (Å²) in [5.74, 6) is 0.221. The number of halogens is 2. The molecule has 0 spiro atoms. The van der Waals surface area contributed by atoms with Crippen LogP contribution in [0.5, 0.6) is 5.75 Å². The predicted octanol–water partition coefficient (Wildman–Crippen LogP) is 5.65. The summed E-state index contributed by atoms with van der Waals surface area (Å²) in [6.45, 7) is 3.57. The molecule has 0 saturated carbocycles. The number of rotatable bonds is 7. The van der Waals surface area contributed by atoms with Crippen molar-refractivity contribution in [1.82, 2.24) is 4.98 Å². The van der Waals surface area contributed by atoms with E-state index in [1.165, 1.54) is 0 Å². The lowest BCUT2D eigenvalue weighted by Crippen LogP contribution is -2.39. The second-order valence-electron chi connectivity index (χ2n) is 6.96. The van der Waals surface area contributed by atoms with Gasteiger partial charge in [-0.3, -0.25) is 4.98 Å². The molecule has 29 heavy (non-hydrogen) atoms. The number of hydrogen-bond donors (Lipinski definition) is 0. The summed E-state index contributed by atoms with van der Waals surface area (Å²) in [5, 5.41) is 0.700. The first-order chi connectivity index (χ1) is 13.4. The number of nitrogens with zero attached hydrogens (tertiary/aromatic N) is 1. The first-order valence-corrected chi connectivity index (χ1v) is 9.39. The van der Waals surface area contributed by atoms with E-state index in [0.717, 1.165) is 16.7 Å². The Kier molecular flexibility index (Phi) is 8.06. The number of carbonyl (C=O) groups excluding carboxylic acids is 1. The van der Waals surface area contributed by atoms with Crippen molar-refractivity contribution in [2.45, 2.75) is 32.5 Å². The van der Waals surface area contributed by atoms with Crippen molar-refractivity contribution < 1.29 is 14.3 Å². The third-order valence-electron chi connectivity index (χ3n) is 4.23. The van der Waals surface area contributed by atoms with E-state index in [4.69, 9.17) is 21.1 Å². The Balaban J connectivity index is 0.00000300. The zero-order chi connectivity index (χ0) is 20.0. The van der Waals surface area contributed by atoms with E-state index in [1.54, 1.807) is 32.3 Å². The predicted molar refractivity (Wildman–Crippen MR) is 117 cm³/mol. The van der Waals surface area contributed by atoms with Crippen LogP contribution in [0.3, 0.4) is 0 Å². The minimum Gasteiger partial charge on any atom is -0.476 e. The monoisotopic (exact) mass is 431 g/mol. The molecular formula is C23H23Cl2NO3. The van der Waals surface area contributed by atoms with Crippen molar-refractivity contribution in [2.75, 3.05) is 0 Å². The van der Waals surface area contributed by atoms with Crippen LogP contribution in [0.25, 0.3) is 0 Å². The number of benzene rings is 2. The Bertz CT molecular complexity index is 928. The Morgan fingerprint density at radius 1 is 1.00 bits per heavy atom. The summed E-state index contributed by atoms with van der Waals surface area (Å²) >= 11 is 5.96. The van der Waals surface area contributed by atoms with E-state index in [9.17, 15) is 4.79 Å². The molecule has 6 heteroatoms.